The van der Waals surface area contributed by atoms with Gasteiger partial charge >= 0.3 is 0 Å². The van der Waals surface area contributed by atoms with Crippen molar-refractivity contribution in [3.8, 4) is 6.07 Å². The van der Waals surface area contributed by atoms with Gasteiger partial charge in [-0.3, -0.25) is 0 Å². The highest BCUT2D eigenvalue weighted by atomic mass is 19.1. The van der Waals surface area contributed by atoms with Gasteiger partial charge in [-0.25, -0.2) is 4.39 Å². The van der Waals surface area contributed by atoms with Gasteiger partial charge < -0.3 is 4.74 Å². The van der Waals surface area contributed by atoms with Crippen LogP contribution in [-0.2, 0) is 10.2 Å². The molecule has 1 aromatic rings. The first-order chi connectivity index (χ1) is 6.77. The summed E-state index contributed by atoms with van der Waals surface area (Å²) in [5, 5.41) is 8.70. The molecule has 3 heteroatoms. The van der Waals surface area contributed by atoms with Crippen molar-refractivity contribution in [2.75, 3.05) is 13.2 Å². The van der Waals surface area contributed by atoms with E-state index in [1.807, 2.05) is 0 Å². The minimum atomic E-state index is -0.249. The van der Waals surface area contributed by atoms with E-state index in [-0.39, 0.29) is 11.2 Å². The highest BCUT2D eigenvalue weighted by Gasteiger charge is 2.40. The predicted molar refractivity (Wildman–Crippen MR) is 49.1 cm³/mol. The first-order valence-corrected chi connectivity index (χ1v) is 4.48. The molecule has 0 saturated carbocycles. The summed E-state index contributed by atoms with van der Waals surface area (Å²) in [7, 11) is 0. The van der Waals surface area contributed by atoms with Crippen LogP contribution < -0.4 is 0 Å². The Bertz CT molecular complexity index is 362. The van der Waals surface area contributed by atoms with Crippen molar-refractivity contribution >= 4 is 0 Å². The van der Waals surface area contributed by atoms with Crippen molar-refractivity contribution in [1.82, 2.24) is 0 Å². The molecule has 14 heavy (non-hydrogen) atoms. The normalized spacial score (nSPS) is 18.3. The number of rotatable bonds is 2. The Balaban J connectivity index is 2.28. The van der Waals surface area contributed by atoms with E-state index in [0.717, 1.165) is 5.56 Å². The van der Waals surface area contributed by atoms with Crippen molar-refractivity contribution in [3.05, 3.63) is 35.6 Å². The lowest BCUT2D eigenvalue weighted by Crippen LogP contribution is -2.46. The second kappa shape index (κ2) is 3.39. The summed E-state index contributed by atoms with van der Waals surface area (Å²) >= 11 is 0. The van der Waals surface area contributed by atoms with Crippen LogP contribution >= 0.6 is 0 Å². The summed E-state index contributed by atoms with van der Waals surface area (Å²) in [5.41, 5.74) is 0.800. The second-order valence-electron chi connectivity index (χ2n) is 3.61. The summed E-state index contributed by atoms with van der Waals surface area (Å²) in [6.07, 6.45) is 0.429. The van der Waals surface area contributed by atoms with Crippen LogP contribution in [0.15, 0.2) is 24.3 Å². The number of hydrogen-bond acceptors (Lipinski definition) is 2. The molecule has 1 aliphatic rings. The molecule has 1 aliphatic heterocycles. The van der Waals surface area contributed by atoms with Gasteiger partial charge in [-0.15, -0.1) is 0 Å². The second-order valence-corrected chi connectivity index (χ2v) is 3.61. The molecular formula is C11H10FNO. The molecule has 72 valence electrons. The summed E-state index contributed by atoms with van der Waals surface area (Å²) in [6, 6.07) is 8.46. The lowest BCUT2D eigenvalue weighted by molar-refractivity contribution is -0.0577. The molecule has 0 bridgehead atoms. The Hall–Kier alpha value is -1.40. The molecule has 0 aromatic heterocycles. The molecule has 1 heterocycles. The zero-order valence-electron chi connectivity index (χ0n) is 7.66. The Morgan fingerprint density at radius 3 is 2.43 bits per heavy atom. The van der Waals surface area contributed by atoms with Crippen LogP contribution in [0, 0.1) is 17.1 Å². The van der Waals surface area contributed by atoms with E-state index in [9.17, 15) is 4.39 Å². The van der Waals surface area contributed by atoms with Crippen LogP contribution in [-0.4, -0.2) is 13.2 Å². The Morgan fingerprint density at radius 2 is 2.00 bits per heavy atom. The van der Waals surface area contributed by atoms with Gasteiger partial charge in [0.15, 0.2) is 0 Å². The maximum atomic E-state index is 12.7. The van der Waals surface area contributed by atoms with Crippen molar-refractivity contribution in [2.24, 2.45) is 0 Å². The number of halogens is 1. The highest BCUT2D eigenvalue weighted by Crippen LogP contribution is 2.35. The van der Waals surface area contributed by atoms with Crippen LogP contribution in [0.25, 0.3) is 0 Å². The molecule has 0 N–H and O–H groups in total. The Kier molecular flexibility index (Phi) is 2.22. The summed E-state index contributed by atoms with van der Waals surface area (Å²) in [5.74, 6) is -0.249. The van der Waals surface area contributed by atoms with Gasteiger partial charge in [-0.2, -0.15) is 5.26 Å². The van der Waals surface area contributed by atoms with E-state index in [1.54, 1.807) is 12.1 Å². The van der Waals surface area contributed by atoms with E-state index in [0.29, 0.717) is 19.6 Å². The topological polar surface area (TPSA) is 33.0 Å². The van der Waals surface area contributed by atoms with Gasteiger partial charge in [0, 0.05) is 6.42 Å². The van der Waals surface area contributed by atoms with Gasteiger partial charge in [-0.1, -0.05) is 12.1 Å². The number of nitriles is 1. The van der Waals surface area contributed by atoms with Gasteiger partial charge in [0.25, 0.3) is 0 Å². The fourth-order valence-corrected chi connectivity index (χ4v) is 1.67. The van der Waals surface area contributed by atoms with E-state index < -0.39 is 0 Å². The van der Waals surface area contributed by atoms with Crippen LogP contribution in [0.1, 0.15) is 12.0 Å². The minimum Gasteiger partial charge on any atom is -0.379 e. The van der Waals surface area contributed by atoms with Gasteiger partial charge in [-0.05, 0) is 17.7 Å². The summed E-state index contributed by atoms with van der Waals surface area (Å²) in [4.78, 5) is 0. The summed E-state index contributed by atoms with van der Waals surface area (Å²) < 4.78 is 17.8. The molecule has 0 atom stereocenters. The third kappa shape index (κ3) is 1.38. The predicted octanol–water partition coefficient (Wildman–Crippen LogP) is 2.01. The maximum Gasteiger partial charge on any atom is 0.123 e. The third-order valence-corrected chi connectivity index (χ3v) is 2.63. The van der Waals surface area contributed by atoms with Crippen molar-refractivity contribution in [3.63, 3.8) is 0 Å². The first-order valence-electron chi connectivity index (χ1n) is 4.48. The largest absolute Gasteiger partial charge is 0.379 e. The van der Waals surface area contributed by atoms with Crippen molar-refractivity contribution in [1.29, 1.82) is 5.26 Å². The molecule has 0 unspecified atom stereocenters. The third-order valence-electron chi connectivity index (χ3n) is 2.63. The van der Waals surface area contributed by atoms with E-state index >= 15 is 0 Å². The van der Waals surface area contributed by atoms with Gasteiger partial charge in [0.1, 0.15) is 5.82 Å². The Morgan fingerprint density at radius 1 is 1.36 bits per heavy atom. The monoisotopic (exact) mass is 191 g/mol. The molecular weight excluding hydrogens is 181 g/mol. The lowest BCUT2D eigenvalue weighted by atomic mass is 9.76. The van der Waals surface area contributed by atoms with Crippen LogP contribution in [0.4, 0.5) is 4.39 Å². The molecule has 0 radical (unpaired) electrons. The lowest BCUT2D eigenvalue weighted by Gasteiger charge is -2.40. The molecule has 2 rings (SSSR count). The van der Waals surface area contributed by atoms with Crippen LogP contribution in [0.5, 0.6) is 0 Å². The molecule has 0 aliphatic carbocycles. The van der Waals surface area contributed by atoms with Crippen molar-refractivity contribution in [2.45, 2.75) is 11.8 Å². The average molecular weight is 191 g/mol. The average Bonchev–Trinajstić information content (AvgIpc) is 2.13. The molecule has 1 saturated heterocycles. The zero-order chi connectivity index (χ0) is 10.0. The van der Waals surface area contributed by atoms with Crippen LogP contribution in [0.2, 0.25) is 0 Å². The van der Waals surface area contributed by atoms with Gasteiger partial charge in [0.2, 0.25) is 0 Å². The highest BCUT2D eigenvalue weighted by molar-refractivity contribution is 5.29. The smallest absolute Gasteiger partial charge is 0.123 e. The minimum absolute atomic E-state index is 0.192. The van der Waals surface area contributed by atoms with Crippen molar-refractivity contribution < 1.29 is 9.13 Å². The molecule has 1 fully saturated rings. The number of hydrogen-bond donors (Lipinski definition) is 0. The fourth-order valence-electron chi connectivity index (χ4n) is 1.67. The first kappa shape index (κ1) is 9.17. The van der Waals surface area contributed by atoms with E-state index in [2.05, 4.69) is 6.07 Å². The molecule has 1 aromatic carbocycles. The maximum absolute atomic E-state index is 12.7. The zero-order valence-corrected chi connectivity index (χ0v) is 7.66. The SMILES string of the molecule is N#CCC1(c2ccc(F)cc2)COC1. The number of ether oxygens (including phenoxy) is 1. The van der Waals surface area contributed by atoms with E-state index in [1.165, 1.54) is 12.1 Å². The number of nitrogens with zero attached hydrogens (tertiary/aromatic N) is 1. The van der Waals surface area contributed by atoms with Crippen LogP contribution in [0.3, 0.4) is 0 Å². The molecule has 0 amide bonds. The molecule has 0 spiro atoms. The molecule has 2 nitrogen and oxygen atoms in total. The Labute approximate surface area is 81.9 Å². The summed E-state index contributed by atoms with van der Waals surface area (Å²) in [6.45, 7) is 1.12. The van der Waals surface area contributed by atoms with E-state index in [4.69, 9.17) is 10.00 Å². The standard InChI is InChI=1S/C11H10FNO/c12-10-3-1-9(2-4-10)11(5-6-13)7-14-8-11/h1-4H,5,7-8H2. The fraction of sp³-hybridized carbons (Fsp3) is 0.364. The number of benzene rings is 1. The van der Waals surface area contributed by atoms with Gasteiger partial charge in [0.05, 0.1) is 24.7 Å². The quantitative estimate of drug-likeness (QED) is 0.716.